The number of hydrogen-bond acceptors (Lipinski definition) is 6. The zero-order chi connectivity index (χ0) is 29.9. The van der Waals surface area contributed by atoms with E-state index in [1.807, 2.05) is 65.8 Å². The van der Waals surface area contributed by atoms with E-state index < -0.39 is 6.09 Å². The summed E-state index contributed by atoms with van der Waals surface area (Å²) in [6, 6.07) is 7.18. The first-order valence-corrected chi connectivity index (χ1v) is 14.0. The Hall–Kier alpha value is -2.92. The van der Waals surface area contributed by atoms with Gasteiger partial charge in [0.05, 0.1) is 19.4 Å². The normalized spacial score (nSPS) is 12.3. The number of nitrogens with one attached hydrogen (secondary N) is 1. The number of benzene rings is 2. The highest BCUT2D eigenvalue weighted by molar-refractivity contribution is 9.10. The van der Waals surface area contributed by atoms with Gasteiger partial charge in [-0.25, -0.2) is 14.5 Å². The van der Waals surface area contributed by atoms with E-state index in [1.165, 1.54) is 16.9 Å². The molecule has 0 atom stereocenters. The topological polar surface area (TPSA) is 105 Å². The molecule has 1 N–H and O–H groups in total. The lowest BCUT2D eigenvalue weighted by Gasteiger charge is -2.16. The van der Waals surface area contributed by atoms with Crippen LogP contribution >= 0.6 is 31.9 Å². The quantitative estimate of drug-likeness (QED) is 0.270. The van der Waals surface area contributed by atoms with Gasteiger partial charge in [-0.15, -0.1) is 0 Å². The summed E-state index contributed by atoms with van der Waals surface area (Å²) in [4.78, 5) is 47.6. The molecule has 1 aliphatic rings. The Morgan fingerprint density at radius 3 is 1.79 bits per heavy atom. The molecule has 39 heavy (non-hydrogen) atoms. The molecule has 9 nitrogen and oxygen atoms in total. The Balaban J connectivity index is 0.000000313. The minimum Gasteiger partial charge on any atom is -0.466 e. The predicted molar refractivity (Wildman–Crippen MR) is 160 cm³/mol. The highest BCUT2D eigenvalue weighted by Gasteiger charge is 2.35. The average molecular weight is 671 g/mol. The number of hydrogen-bond donors (Lipinski definition) is 1. The monoisotopic (exact) mass is 669 g/mol. The highest BCUT2D eigenvalue weighted by Crippen LogP contribution is 2.29. The van der Waals surface area contributed by atoms with E-state index in [-0.39, 0.29) is 24.5 Å². The van der Waals surface area contributed by atoms with Crippen LogP contribution in [0.15, 0.2) is 33.2 Å². The maximum Gasteiger partial charge on any atom is 0.411 e. The number of nitrogens with zero attached hydrogens (tertiary/aromatic N) is 2. The molecule has 0 spiro atoms. The molecule has 0 aromatic heterocycles. The van der Waals surface area contributed by atoms with Gasteiger partial charge in [0.15, 0.2) is 0 Å². The van der Waals surface area contributed by atoms with Gasteiger partial charge in [-0.05, 0) is 87.6 Å². The van der Waals surface area contributed by atoms with Gasteiger partial charge in [0.1, 0.15) is 6.54 Å². The highest BCUT2D eigenvalue weighted by atomic mass is 79.9. The molecule has 2 aromatic carbocycles. The molecular weight excluding hydrogens is 634 g/mol. The zero-order valence-corrected chi connectivity index (χ0v) is 26.9. The molecule has 2 aromatic rings. The molecule has 1 heterocycles. The fourth-order valence-corrected chi connectivity index (χ4v) is 4.01. The van der Waals surface area contributed by atoms with Crippen molar-refractivity contribution in [2.45, 2.75) is 54.4 Å². The van der Waals surface area contributed by atoms with E-state index in [1.54, 1.807) is 7.05 Å². The van der Waals surface area contributed by atoms with Crippen LogP contribution in [0, 0.1) is 27.7 Å². The zero-order valence-electron chi connectivity index (χ0n) is 23.7. The molecule has 0 radical (unpaired) electrons. The third-order valence-corrected chi connectivity index (χ3v) is 7.95. The summed E-state index contributed by atoms with van der Waals surface area (Å²) in [5.74, 6) is -0.270. The van der Waals surface area contributed by atoms with Crippen molar-refractivity contribution in [3.05, 3.63) is 55.5 Å². The van der Waals surface area contributed by atoms with Crippen LogP contribution in [-0.4, -0.2) is 56.2 Å². The number of amides is 4. The fourth-order valence-electron chi connectivity index (χ4n) is 3.55. The van der Waals surface area contributed by atoms with Gasteiger partial charge in [0.25, 0.3) is 5.91 Å². The second kappa shape index (κ2) is 16.2. The molecule has 0 unspecified atom stereocenters. The first-order valence-electron chi connectivity index (χ1n) is 12.4. The van der Waals surface area contributed by atoms with Gasteiger partial charge in [-0.1, -0.05) is 38.8 Å². The van der Waals surface area contributed by atoms with E-state index in [4.69, 9.17) is 0 Å². The molecule has 0 saturated carbocycles. The van der Waals surface area contributed by atoms with Crippen molar-refractivity contribution in [2.24, 2.45) is 0 Å². The number of esters is 1. The van der Waals surface area contributed by atoms with Crippen LogP contribution in [0.2, 0.25) is 0 Å². The third kappa shape index (κ3) is 10.3. The SMILES string of the molecule is CCCC(=O)OCC.COC(=O)Nc1cc(C)c(Br)c(C)c1.Cc1cc(N2C(=O)CN(C)C2=O)cc(C)c1Br. The van der Waals surface area contributed by atoms with Crippen LogP contribution in [0.3, 0.4) is 0 Å². The first-order chi connectivity index (χ1) is 18.3. The number of imide groups is 1. The van der Waals surface area contributed by atoms with Crippen molar-refractivity contribution >= 4 is 67.2 Å². The number of carbonyl (C=O) groups excluding carboxylic acids is 4. The smallest absolute Gasteiger partial charge is 0.411 e. The molecule has 214 valence electrons. The van der Waals surface area contributed by atoms with Crippen LogP contribution in [0.4, 0.5) is 21.0 Å². The van der Waals surface area contributed by atoms with Crippen LogP contribution in [0.25, 0.3) is 0 Å². The summed E-state index contributed by atoms with van der Waals surface area (Å²) in [5.41, 5.74) is 5.57. The summed E-state index contributed by atoms with van der Waals surface area (Å²) < 4.78 is 11.2. The van der Waals surface area contributed by atoms with Crippen molar-refractivity contribution in [3.63, 3.8) is 0 Å². The van der Waals surface area contributed by atoms with E-state index >= 15 is 0 Å². The maximum absolute atomic E-state index is 11.8. The average Bonchev–Trinajstić information content (AvgIpc) is 3.12. The van der Waals surface area contributed by atoms with E-state index in [0.717, 1.165) is 43.3 Å². The number of aryl methyl sites for hydroxylation is 4. The first kappa shape index (κ1) is 34.1. The molecule has 11 heteroatoms. The van der Waals surface area contributed by atoms with E-state index in [0.29, 0.717) is 18.7 Å². The van der Waals surface area contributed by atoms with Gasteiger partial charge >= 0.3 is 18.1 Å². The number of carbonyl (C=O) groups is 4. The number of ether oxygens (including phenoxy) is 2. The summed E-state index contributed by atoms with van der Waals surface area (Å²) in [7, 11) is 2.96. The molecular formula is C28H37Br2N3O6. The Bertz CT molecular complexity index is 1150. The number of halogens is 2. The Kier molecular flexibility index (Phi) is 14.2. The van der Waals surface area contributed by atoms with Crippen LogP contribution < -0.4 is 10.2 Å². The molecule has 1 fully saturated rings. The number of methoxy groups -OCH3 is 1. The Labute approximate surface area is 247 Å². The largest absolute Gasteiger partial charge is 0.466 e. The summed E-state index contributed by atoms with van der Waals surface area (Å²) >= 11 is 6.92. The second-order valence-electron chi connectivity index (χ2n) is 8.86. The number of anilines is 2. The van der Waals surface area contributed by atoms with Crippen LogP contribution in [0.1, 0.15) is 48.9 Å². The minimum atomic E-state index is -0.453. The standard InChI is InChI=1S/C12H13BrN2O2.C10H12BrNO2.C6H12O2/c1-7-4-9(5-8(2)11(7)13)15-10(16)6-14(3)12(15)17;1-6-4-8(12-10(13)14-3)5-7(2)9(6)11;1-3-5-6(7)8-4-2/h4-5H,6H2,1-3H3;4-5H,1-3H3,(H,12,13);3-5H2,1-2H3. The summed E-state index contributed by atoms with van der Waals surface area (Å²) in [6.45, 7) is 12.2. The van der Waals surface area contributed by atoms with E-state index in [2.05, 4.69) is 46.7 Å². The van der Waals surface area contributed by atoms with Crippen molar-refractivity contribution in [1.82, 2.24) is 4.90 Å². The van der Waals surface area contributed by atoms with Crippen LogP contribution in [-0.2, 0) is 19.1 Å². The molecule has 0 bridgehead atoms. The Morgan fingerprint density at radius 1 is 0.923 bits per heavy atom. The van der Waals surface area contributed by atoms with Gasteiger partial charge in [0, 0.05) is 28.1 Å². The van der Waals surface area contributed by atoms with Gasteiger partial charge in [-0.2, -0.15) is 0 Å². The van der Waals surface area contributed by atoms with Crippen molar-refractivity contribution in [2.75, 3.05) is 37.5 Å². The third-order valence-electron chi connectivity index (χ3n) is 5.45. The predicted octanol–water partition coefficient (Wildman–Crippen LogP) is 7.06. The summed E-state index contributed by atoms with van der Waals surface area (Å²) in [5, 5.41) is 2.62. The van der Waals surface area contributed by atoms with E-state index in [9.17, 15) is 19.2 Å². The summed E-state index contributed by atoms with van der Waals surface area (Å²) in [6.07, 6.45) is 0.971. The number of urea groups is 1. The lowest BCUT2D eigenvalue weighted by Crippen LogP contribution is -2.31. The molecule has 1 aliphatic heterocycles. The van der Waals surface area contributed by atoms with Gasteiger partial charge in [0.2, 0.25) is 0 Å². The molecule has 0 aliphatic carbocycles. The lowest BCUT2D eigenvalue weighted by atomic mass is 10.1. The molecule has 1 saturated heterocycles. The maximum atomic E-state index is 11.8. The molecule has 4 amide bonds. The van der Waals surface area contributed by atoms with Crippen LogP contribution in [0.5, 0.6) is 0 Å². The van der Waals surface area contributed by atoms with Crippen molar-refractivity contribution in [1.29, 1.82) is 0 Å². The Morgan fingerprint density at radius 2 is 1.41 bits per heavy atom. The second-order valence-corrected chi connectivity index (χ2v) is 10.4. The van der Waals surface area contributed by atoms with Gasteiger partial charge in [-0.3, -0.25) is 14.9 Å². The van der Waals surface area contributed by atoms with Crippen molar-refractivity contribution < 1.29 is 28.7 Å². The number of likely N-dealkylation sites (N-methyl/N-ethyl adjacent to an activating group) is 1. The molecule has 3 rings (SSSR count). The lowest BCUT2D eigenvalue weighted by molar-refractivity contribution is -0.143. The fraction of sp³-hybridized carbons (Fsp3) is 0.429. The number of rotatable bonds is 5. The van der Waals surface area contributed by atoms with Crippen molar-refractivity contribution in [3.8, 4) is 0 Å². The minimum absolute atomic E-state index is 0.0880. The van der Waals surface area contributed by atoms with Gasteiger partial charge < -0.3 is 14.4 Å².